The lowest BCUT2D eigenvalue weighted by Gasteiger charge is -2.28. The molecule has 0 aromatic carbocycles. The van der Waals surface area contributed by atoms with Crippen LogP contribution in [0.1, 0.15) is 26.3 Å². The molecule has 1 aromatic heterocycles. The molecular formula is C26H36FN5O2. The van der Waals surface area contributed by atoms with E-state index in [0.717, 1.165) is 37.6 Å². The van der Waals surface area contributed by atoms with Crippen LogP contribution in [0.3, 0.4) is 0 Å². The van der Waals surface area contributed by atoms with Crippen LogP contribution >= 0.6 is 0 Å². The highest BCUT2D eigenvalue weighted by molar-refractivity contribution is 5.80. The van der Waals surface area contributed by atoms with Gasteiger partial charge in [-0.2, -0.15) is 0 Å². The van der Waals surface area contributed by atoms with Crippen molar-refractivity contribution in [1.82, 2.24) is 20.1 Å². The summed E-state index contributed by atoms with van der Waals surface area (Å²) in [6.45, 7) is 16.8. The number of aliphatic hydroxyl groups excluding tert-OH is 1. The van der Waals surface area contributed by atoms with Gasteiger partial charge in [0.05, 0.1) is 5.70 Å². The summed E-state index contributed by atoms with van der Waals surface area (Å²) in [4.78, 5) is 21.7. The number of hydrogen-bond acceptors (Lipinski definition) is 5. The predicted octanol–water partition coefficient (Wildman–Crippen LogP) is 4.65. The van der Waals surface area contributed by atoms with Gasteiger partial charge in [0.1, 0.15) is 17.4 Å². The molecule has 0 saturated carbocycles. The van der Waals surface area contributed by atoms with Gasteiger partial charge >= 0.3 is 6.03 Å². The summed E-state index contributed by atoms with van der Waals surface area (Å²) in [5.74, 6) is 0.136. The molecule has 2 rings (SSSR count). The van der Waals surface area contributed by atoms with Gasteiger partial charge in [-0.15, -0.1) is 0 Å². The maximum atomic E-state index is 14.9. The summed E-state index contributed by atoms with van der Waals surface area (Å²) >= 11 is 0. The summed E-state index contributed by atoms with van der Waals surface area (Å²) in [6, 6.07) is 3.38. The number of nitrogens with one attached hydrogen (secondary N) is 1. The number of anilines is 1. The summed E-state index contributed by atoms with van der Waals surface area (Å²) in [7, 11) is 3.17. The number of carbonyl (C=O) groups is 1. The highest BCUT2D eigenvalue weighted by atomic mass is 19.1. The number of rotatable bonds is 8. The second kappa shape index (κ2) is 12.2. The fraction of sp³-hybridized carbons (Fsp3) is 0.385. The topological polar surface area (TPSA) is 71.9 Å². The summed E-state index contributed by atoms with van der Waals surface area (Å²) in [5, 5.41) is 14.3. The average Bonchev–Trinajstić information content (AvgIpc) is 2.87. The molecule has 0 bridgehead atoms. The van der Waals surface area contributed by atoms with E-state index in [4.69, 9.17) is 0 Å². The Morgan fingerprint density at radius 2 is 1.97 bits per heavy atom. The summed E-state index contributed by atoms with van der Waals surface area (Å²) < 4.78 is 14.9. The standard InChI is InChI=1S/C26H36FN5O2/c1-8-22(21-10-11-29-24(17-21)32-14-12-28-13-15-32)25(33)19(4)18(3)16-23(27)20(5)31(7)26(34)30(6)9-2/h8,10-11,16-17,28,33H,1,4,9,12-15H2,2-3,5-7H3/b18-16+,23-20-,25-22-. The third-order valence-corrected chi connectivity index (χ3v) is 6.00. The fourth-order valence-electron chi connectivity index (χ4n) is 3.43. The molecule has 1 aliphatic heterocycles. The molecule has 0 atom stereocenters. The van der Waals surface area contributed by atoms with Crippen LogP contribution in [0.15, 0.2) is 72.1 Å². The molecule has 0 spiro atoms. The maximum Gasteiger partial charge on any atom is 0.323 e. The Hall–Kier alpha value is -3.39. The van der Waals surface area contributed by atoms with Crippen molar-refractivity contribution in [2.45, 2.75) is 20.8 Å². The van der Waals surface area contributed by atoms with E-state index in [1.165, 1.54) is 29.8 Å². The van der Waals surface area contributed by atoms with Crippen molar-refractivity contribution in [3.63, 3.8) is 0 Å². The van der Waals surface area contributed by atoms with Crippen molar-refractivity contribution in [1.29, 1.82) is 0 Å². The van der Waals surface area contributed by atoms with Crippen molar-refractivity contribution < 1.29 is 14.3 Å². The van der Waals surface area contributed by atoms with Gasteiger partial charge in [-0.3, -0.25) is 4.90 Å². The minimum atomic E-state index is -0.586. The number of carbonyl (C=O) groups excluding carboxylic acids is 1. The van der Waals surface area contributed by atoms with Crippen LogP contribution in [-0.4, -0.2) is 72.7 Å². The number of urea groups is 1. The van der Waals surface area contributed by atoms with Crippen LogP contribution in [0.25, 0.3) is 5.57 Å². The van der Waals surface area contributed by atoms with Crippen LogP contribution in [0.4, 0.5) is 15.0 Å². The molecule has 7 nitrogen and oxygen atoms in total. The van der Waals surface area contributed by atoms with Crippen molar-refractivity contribution in [2.75, 3.05) is 51.7 Å². The van der Waals surface area contributed by atoms with Crippen LogP contribution in [0.2, 0.25) is 0 Å². The minimum absolute atomic E-state index is 0.0955. The maximum absolute atomic E-state index is 14.9. The lowest BCUT2D eigenvalue weighted by atomic mass is 9.98. The largest absolute Gasteiger partial charge is 0.507 e. The number of aromatic nitrogens is 1. The molecule has 2 N–H and O–H groups in total. The SMILES string of the molecule is C=C/C(=C(/O)C(=C)/C(C)=C/C(F)=C(\C)N(C)C(=O)N(C)CC)c1ccnc(N2CCNCC2)c1. The zero-order valence-electron chi connectivity index (χ0n) is 20.9. The average molecular weight is 470 g/mol. The first-order valence-corrected chi connectivity index (χ1v) is 11.3. The van der Waals surface area contributed by atoms with Gasteiger partial charge in [0, 0.05) is 64.2 Å². The molecule has 1 aromatic rings. The lowest BCUT2D eigenvalue weighted by molar-refractivity contribution is 0.185. The van der Waals surface area contributed by atoms with E-state index < -0.39 is 5.83 Å². The van der Waals surface area contributed by atoms with Gasteiger partial charge in [0.2, 0.25) is 0 Å². The minimum Gasteiger partial charge on any atom is -0.507 e. The second-order valence-electron chi connectivity index (χ2n) is 8.20. The first-order valence-electron chi connectivity index (χ1n) is 11.3. The van der Waals surface area contributed by atoms with Gasteiger partial charge in [0.15, 0.2) is 0 Å². The molecule has 1 fully saturated rings. The van der Waals surface area contributed by atoms with Crippen molar-refractivity contribution in [3.8, 4) is 0 Å². The zero-order valence-corrected chi connectivity index (χ0v) is 20.9. The molecule has 8 heteroatoms. The Labute approximate surface area is 202 Å². The fourth-order valence-corrected chi connectivity index (χ4v) is 3.43. The smallest absolute Gasteiger partial charge is 0.323 e. The van der Waals surface area contributed by atoms with E-state index in [9.17, 15) is 14.3 Å². The van der Waals surface area contributed by atoms with Gasteiger partial charge in [-0.05, 0) is 50.1 Å². The van der Waals surface area contributed by atoms with Gasteiger partial charge in [-0.1, -0.05) is 19.2 Å². The van der Waals surface area contributed by atoms with Crippen LogP contribution in [-0.2, 0) is 0 Å². The Balaban J connectivity index is 2.33. The molecule has 34 heavy (non-hydrogen) atoms. The first kappa shape index (κ1) is 26.9. The normalized spacial score (nSPS) is 15.8. The lowest BCUT2D eigenvalue weighted by Crippen LogP contribution is -2.43. The molecule has 2 amide bonds. The molecule has 2 heterocycles. The van der Waals surface area contributed by atoms with Crippen LogP contribution in [0, 0.1) is 0 Å². The molecule has 0 aliphatic carbocycles. The van der Waals surface area contributed by atoms with E-state index >= 15 is 0 Å². The number of hydrogen-bond donors (Lipinski definition) is 2. The molecule has 0 unspecified atom stereocenters. The van der Waals surface area contributed by atoms with E-state index in [2.05, 4.69) is 28.4 Å². The quantitative estimate of drug-likeness (QED) is 0.428. The molecular weight excluding hydrogens is 433 g/mol. The van der Waals surface area contributed by atoms with Crippen molar-refractivity contribution >= 4 is 17.4 Å². The Bertz CT molecular complexity index is 1020. The third-order valence-electron chi connectivity index (χ3n) is 6.00. The number of aliphatic hydroxyl groups is 1. The molecule has 1 aliphatic rings. The Kier molecular flexibility index (Phi) is 9.62. The van der Waals surface area contributed by atoms with E-state index in [1.54, 1.807) is 32.3 Å². The molecule has 1 saturated heterocycles. The molecule has 0 radical (unpaired) electrons. The number of halogens is 1. The summed E-state index contributed by atoms with van der Waals surface area (Å²) in [6.07, 6.45) is 4.51. The van der Waals surface area contributed by atoms with Crippen LogP contribution in [0.5, 0.6) is 0 Å². The summed E-state index contributed by atoms with van der Waals surface area (Å²) in [5.41, 5.74) is 2.08. The zero-order chi connectivity index (χ0) is 25.4. The Morgan fingerprint density at radius 1 is 1.32 bits per heavy atom. The number of allylic oxidation sites excluding steroid dienone is 6. The number of pyridine rings is 1. The third kappa shape index (κ3) is 6.35. The highest BCUT2D eigenvalue weighted by Gasteiger charge is 2.18. The van der Waals surface area contributed by atoms with Crippen LogP contribution < -0.4 is 10.2 Å². The van der Waals surface area contributed by atoms with E-state index in [-0.39, 0.29) is 23.1 Å². The monoisotopic (exact) mass is 469 g/mol. The highest BCUT2D eigenvalue weighted by Crippen LogP contribution is 2.29. The predicted molar refractivity (Wildman–Crippen MR) is 137 cm³/mol. The Morgan fingerprint density at radius 3 is 2.56 bits per heavy atom. The number of amides is 2. The van der Waals surface area contributed by atoms with Gasteiger partial charge < -0.3 is 20.2 Å². The van der Waals surface area contributed by atoms with Crippen molar-refractivity contribution in [3.05, 3.63) is 77.6 Å². The van der Waals surface area contributed by atoms with E-state index in [1.807, 2.05) is 13.0 Å². The first-order chi connectivity index (χ1) is 16.1. The number of nitrogens with zero attached hydrogens (tertiary/aromatic N) is 4. The van der Waals surface area contributed by atoms with E-state index in [0.29, 0.717) is 17.7 Å². The van der Waals surface area contributed by atoms with Gasteiger partial charge in [0.25, 0.3) is 0 Å². The van der Waals surface area contributed by atoms with Gasteiger partial charge in [-0.25, -0.2) is 14.2 Å². The molecule has 184 valence electrons. The van der Waals surface area contributed by atoms with Crippen molar-refractivity contribution in [2.24, 2.45) is 0 Å². The second-order valence-corrected chi connectivity index (χ2v) is 8.20. The number of piperazine rings is 1.